The number of aromatic nitrogens is 1. The van der Waals surface area contributed by atoms with E-state index in [0.717, 1.165) is 29.4 Å². The molecule has 0 aliphatic heterocycles. The molecule has 3 rings (SSSR count). The molecule has 0 radical (unpaired) electrons. The van der Waals surface area contributed by atoms with Crippen LogP contribution in [0.2, 0.25) is 0 Å². The number of ether oxygens (including phenoxy) is 2. The van der Waals surface area contributed by atoms with Gasteiger partial charge in [0.1, 0.15) is 11.6 Å². The van der Waals surface area contributed by atoms with Crippen LogP contribution in [0.25, 0.3) is 10.9 Å². The highest BCUT2D eigenvalue weighted by molar-refractivity contribution is 5.97. The van der Waals surface area contributed by atoms with E-state index in [1.165, 1.54) is 12.1 Å². The van der Waals surface area contributed by atoms with Gasteiger partial charge < -0.3 is 41.0 Å². The van der Waals surface area contributed by atoms with Crippen molar-refractivity contribution in [3.63, 3.8) is 0 Å². The van der Waals surface area contributed by atoms with Crippen LogP contribution in [0.5, 0.6) is 17.2 Å². The minimum Gasteiger partial charge on any atom is -0.493 e. The summed E-state index contributed by atoms with van der Waals surface area (Å²) in [5.74, 6) is -3.68. The first-order chi connectivity index (χ1) is 18.9. The predicted octanol–water partition coefficient (Wildman–Crippen LogP) is 3.47. The number of fused-ring (bicyclic) bond motifs is 1. The first-order valence-corrected chi connectivity index (χ1v) is 12.1. The van der Waals surface area contributed by atoms with Gasteiger partial charge in [0.05, 0.1) is 31.2 Å². The van der Waals surface area contributed by atoms with Crippen molar-refractivity contribution in [3.8, 4) is 17.2 Å². The molecule has 0 amide bonds. The molecule has 40 heavy (non-hydrogen) atoms. The number of methoxy groups -OCH3 is 1. The Hall–Kier alpha value is -4.49. The fourth-order valence-electron chi connectivity index (χ4n) is 3.66. The summed E-state index contributed by atoms with van der Waals surface area (Å²) in [6, 6.07) is 11.8. The number of aliphatic hydroxyl groups is 1. The molecule has 7 N–H and O–H groups in total. The number of hydrogen-bond donors (Lipinski definition) is 6. The van der Waals surface area contributed by atoms with Gasteiger partial charge in [-0.3, -0.25) is 14.6 Å². The number of benzene rings is 2. The maximum absolute atomic E-state index is 13.2. The van der Waals surface area contributed by atoms with Crippen molar-refractivity contribution in [3.05, 3.63) is 54.5 Å². The van der Waals surface area contributed by atoms with Crippen molar-refractivity contribution in [1.82, 2.24) is 4.98 Å². The Morgan fingerprint density at radius 3 is 2.25 bits per heavy atom. The Labute approximate surface area is 229 Å². The molecule has 0 fully saturated rings. The molecule has 1 aromatic heterocycles. The summed E-state index contributed by atoms with van der Waals surface area (Å²) in [4.78, 5) is 35.0. The average molecular weight is 562 g/mol. The van der Waals surface area contributed by atoms with Crippen LogP contribution in [0.15, 0.2) is 48.7 Å². The molecule has 0 saturated carbocycles. The smallest absolute Gasteiger partial charge is 0.336 e. The first-order valence-electron chi connectivity index (χ1n) is 12.1. The number of halogens is 1. The quantitative estimate of drug-likeness (QED) is 0.178. The topological polar surface area (TPSA) is 202 Å². The zero-order valence-corrected chi connectivity index (χ0v) is 22.0. The van der Waals surface area contributed by atoms with Crippen LogP contribution in [0, 0.1) is 5.82 Å². The highest BCUT2D eigenvalue weighted by Crippen LogP contribution is 2.42. The molecule has 0 aliphatic carbocycles. The normalized spacial score (nSPS) is 11.6. The maximum atomic E-state index is 13.2. The van der Waals surface area contributed by atoms with Crippen molar-refractivity contribution >= 4 is 34.5 Å². The highest BCUT2D eigenvalue weighted by Gasteiger charge is 2.40. The minimum absolute atomic E-state index is 0.243. The van der Waals surface area contributed by atoms with Crippen molar-refractivity contribution in [1.29, 1.82) is 0 Å². The van der Waals surface area contributed by atoms with Gasteiger partial charge in [-0.1, -0.05) is 0 Å². The van der Waals surface area contributed by atoms with Crippen LogP contribution in [0.1, 0.15) is 32.6 Å². The molecular weight excluding hydrogens is 529 g/mol. The second-order valence-corrected chi connectivity index (χ2v) is 8.87. The van der Waals surface area contributed by atoms with Crippen molar-refractivity contribution in [2.24, 2.45) is 5.73 Å². The Bertz CT molecular complexity index is 1300. The summed E-state index contributed by atoms with van der Waals surface area (Å²) in [7, 11) is 1.59. The van der Waals surface area contributed by atoms with Crippen LogP contribution < -0.4 is 20.5 Å². The number of nitrogens with two attached hydrogens (primary N) is 1. The molecule has 0 aliphatic rings. The van der Waals surface area contributed by atoms with Gasteiger partial charge in [-0.15, -0.1) is 0 Å². The largest absolute Gasteiger partial charge is 0.493 e. The van der Waals surface area contributed by atoms with E-state index in [2.05, 4.69) is 17.2 Å². The second-order valence-electron chi connectivity index (χ2n) is 8.87. The molecule has 0 spiro atoms. The SMILES string of the molecule is COc1cc(NC(C)CCCN)c2ncccc2c1Oc1ccc(F)cc1.O=C(O)CC(O)(CC(=O)O)C(=O)O. The van der Waals surface area contributed by atoms with E-state index in [9.17, 15) is 18.8 Å². The summed E-state index contributed by atoms with van der Waals surface area (Å²) in [5, 5.41) is 38.1. The van der Waals surface area contributed by atoms with Gasteiger partial charge in [0.25, 0.3) is 0 Å². The third-order valence-electron chi connectivity index (χ3n) is 5.59. The van der Waals surface area contributed by atoms with E-state index in [4.69, 9.17) is 35.6 Å². The number of rotatable bonds is 13. The lowest BCUT2D eigenvalue weighted by Gasteiger charge is -2.19. The lowest BCUT2D eigenvalue weighted by Crippen LogP contribution is -2.42. The summed E-state index contributed by atoms with van der Waals surface area (Å²) in [6.07, 6.45) is 1.36. The van der Waals surface area contributed by atoms with Crippen LogP contribution in [0.3, 0.4) is 0 Å². The maximum Gasteiger partial charge on any atom is 0.336 e. The average Bonchev–Trinajstić information content (AvgIpc) is 2.89. The van der Waals surface area contributed by atoms with Gasteiger partial charge in [-0.25, -0.2) is 9.18 Å². The molecule has 0 saturated heterocycles. The van der Waals surface area contributed by atoms with E-state index in [1.54, 1.807) is 25.4 Å². The number of carboxylic acids is 3. The van der Waals surface area contributed by atoms with Crippen LogP contribution in [-0.2, 0) is 14.4 Å². The summed E-state index contributed by atoms with van der Waals surface area (Å²) in [6.45, 7) is 2.78. The molecule has 3 aromatic rings. The van der Waals surface area contributed by atoms with Gasteiger partial charge in [-0.05, 0) is 62.7 Å². The first kappa shape index (κ1) is 31.7. The van der Waals surface area contributed by atoms with Gasteiger partial charge in [0.2, 0.25) is 0 Å². The van der Waals surface area contributed by atoms with Crippen molar-refractivity contribution in [2.75, 3.05) is 19.0 Å². The van der Waals surface area contributed by atoms with Gasteiger partial charge >= 0.3 is 17.9 Å². The summed E-state index contributed by atoms with van der Waals surface area (Å²) >= 11 is 0. The number of nitrogens with one attached hydrogen (secondary N) is 1. The van der Waals surface area contributed by atoms with Crippen LogP contribution >= 0.6 is 0 Å². The zero-order valence-electron chi connectivity index (χ0n) is 22.0. The molecule has 1 atom stereocenters. The standard InChI is InChI=1S/C21H24FN3O2.C6H8O7/c1-14(5-3-11-23)25-18-13-19(26-2)21(17-6-4-12-24-20(17)18)27-16-9-7-15(22)8-10-16;7-3(8)1-6(13,5(11)12)2-4(9)10/h4,6-10,12-14,25H,3,5,11,23H2,1-2H3;13H,1-2H2,(H,7,8)(H,9,10)(H,11,12). The number of pyridine rings is 1. The lowest BCUT2D eigenvalue weighted by molar-refractivity contribution is -0.170. The van der Waals surface area contributed by atoms with E-state index in [1.807, 2.05) is 18.2 Å². The van der Waals surface area contributed by atoms with Gasteiger partial charge in [0.15, 0.2) is 17.1 Å². The Morgan fingerprint density at radius 2 is 1.73 bits per heavy atom. The van der Waals surface area contributed by atoms with Crippen LogP contribution in [0.4, 0.5) is 10.1 Å². The predicted molar refractivity (Wildman–Crippen MR) is 143 cm³/mol. The van der Waals surface area contributed by atoms with Crippen molar-refractivity contribution < 1.29 is 48.7 Å². The molecule has 2 aromatic carbocycles. The van der Waals surface area contributed by atoms with Crippen molar-refractivity contribution in [2.45, 2.75) is 44.2 Å². The second kappa shape index (κ2) is 14.6. The number of aliphatic carboxylic acids is 3. The van der Waals surface area contributed by atoms with E-state index < -0.39 is 36.4 Å². The fourth-order valence-corrected chi connectivity index (χ4v) is 3.66. The highest BCUT2D eigenvalue weighted by atomic mass is 19.1. The van der Waals surface area contributed by atoms with Crippen LogP contribution in [-0.4, -0.2) is 68.6 Å². The van der Waals surface area contributed by atoms with E-state index in [0.29, 0.717) is 23.8 Å². The number of anilines is 1. The third kappa shape index (κ3) is 9.06. The molecule has 1 heterocycles. The number of carbonyl (C=O) groups is 3. The Kier molecular flexibility index (Phi) is 11.6. The Balaban J connectivity index is 0.000000366. The molecule has 216 valence electrons. The Morgan fingerprint density at radius 1 is 1.10 bits per heavy atom. The fraction of sp³-hybridized carbons (Fsp3) is 0.333. The lowest BCUT2D eigenvalue weighted by atomic mass is 9.96. The molecule has 1 unspecified atom stereocenters. The summed E-state index contributed by atoms with van der Waals surface area (Å²) < 4.78 is 24.8. The molecular formula is C27H32FN3O9. The molecule has 12 nitrogen and oxygen atoms in total. The third-order valence-corrected chi connectivity index (χ3v) is 5.59. The van der Waals surface area contributed by atoms with Gasteiger partial charge in [0, 0.05) is 23.7 Å². The monoisotopic (exact) mass is 561 g/mol. The minimum atomic E-state index is -2.74. The molecule has 13 heteroatoms. The van der Waals surface area contributed by atoms with E-state index in [-0.39, 0.29) is 11.9 Å². The summed E-state index contributed by atoms with van der Waals surface area (Å²) in [5.41, 5.74) is 4.53. The number of nitrogens with zero attached hydrogens (tertiary/aromatic N) is 1. The zero-order chi connectivity index (χ0) is 29.9. The van der Waals surface area contributed by atoms with Gasteiger partial charge in [-0.2, -0.15) is 0 Å². The van der Waals surface area contributed by atoms with E-state index >= 15 is 0 Å². The number of carboxylic acid groups (broad SMARTS) is 3. The number of hydrogen-bond acceptors (Lipinski definition) is 9. The molecule has 0 bridgehead atoms.